The summed E-state index contributed by atoms with van der Waals surface area (Å²) in [4.78, 5) is 56.3. The van der Waals surface area contributed by atoms with Crippen molar-refractivity contribution in [3.63, 3.8) is 0 Å². The summed E-state index contributed by atoms with van der Waals surface area (Å²) in [5.74, 6) is -3.16. The van der Waals surface area contributed by atoms with E-state index in [1.807, 2.05) is 48.5 Å². The van der Waals surface area contributed by atoms with Gasteiger partial charge in [0.1, 0.15) is 5.69 Å². The number of carbonyl (C=O) groups is 2. The van der Waals surface area contributed by atoms with Crippen LogP contribution in [0.2, 0.25) is 0 Å². The number of carbonyl (C=O) groups excluding carboxylic acids is 2. The Morgan fingerprint density at radius 3 is 1.93 bits per heavy atom. The third-order valence-electron chi connectivity index (χ3n) is 8.48. The van der Waals surface area contributed by atoms with E-state index in [1.54, 1.807) is 12.3 Å². The molecule has 4 aromatic carbocycles. The Morgan fingerprint density at radius 1 is 0.732 bits per heavy atom. The van der Waals surface area contributed by atoms with Crippen LogP contribution in [0.4, 0.5) is 22.7 Å². The van der Waals surface area contributed by atoms with Crippen molar-refractivity contribution < 1.29 is 19.4 Å². The highest BCUT2D eigenvalue weighted by Gasteiger charge is 2.68. The lowest BCUT2D eigenvalue weighted by Crippen LogP contribution is -2.54. The van der Waals surface area contributed by atoms with Gasteiger partial charge in [-0.05, 0) is 40.5 Å². The highest BCUT2D eigenvalue weighted by molar-refractivity contribution is 6.25. The molecule has 0 saturated carbocycles. The molecule has 1 aliphatic heterocycles. The average Bonchev–Trinajstić information content (AvgIpc) is 3.26. The van der Waals surface area contributed by atoms with Crippen LogP contribution in [-0.2, 0) is 15.0 Å². The van der Waals surface area contributed by atoms with E-state index in [0.717, 1.165) is 27.2 Å². The van der Waals surface area contributed by atoms with Gasteiger partial charge in [0.05, 0.1) is 32.8 Å². The summed E-state index contributed by atoms with van der Waals surface area (Å²) < 4.78 is 0. The van der Waals surface area contributed by atoms with Gasteiger partial charge in [-0.3, -0.25) is 34.8 Å². The Morgan fingerprint density at radius 2 is 1.32 bits per heavy atom. The average molecular weight is 545 g/mol. The molecular formula is C31H20N4O6. The third kappa shape index (κ3) is 3.27. The summed E-state index contributed by atoms with van der Waals surface area (Å²) in [6, 6.07) is 26.8. The van der Waals surface area contributed by atoms with Crippen LogP contribution in [0.15, 0.2) is 102 Å². The number of imide groups is 1. The number of hydrogen-bond donors (Lipinski definition) is 0. The number of nitro benzene ring substituents is 2. The Hall–Kier alpha value is -5.51. The van der Waals surface area contributed by atoms with Crippen LogP contribution in [0.3, 0.4) is 0 Å². The second-order valence-corrected chi connectivity index (χ2v) is 10.3. The first kappa shape index (κ1) is 24.5. The van der Waals surface area contributed by atoms with Gasteiger partial charge < -0.3 is 0 Å². The fourth-order valence-electron chi connectivity index (χ4n) is 6.93. The number of rotatable bonds is 5. The topological polar surface area (TPSA) is 136 Å². The van der Waals surface area contributed by atoms with E-state index in [-0.39, 0.29) is 17.1 Å². The maximum absolute atomic E-state index is 14.4. The van der Waals surface area contributed by atoms with Gasteiger partial charge in [-0.2, -0.15) is 0 Å². The smallest absolute Gasteiger partial charge is 0.274 e. The first-order valence-electron chi connectivity index (χ1n) is 12.9. The van der Waals surface area contributed by atoms with Crippen molar-refractivity contribution in [2.45, 2.75) is 11.3 Å². The van der Waals surface area contributed by atoms with Crippen molar-refractivity contribution in [1.82, 2.24) is 0 Å². The fraction of sp³-hybridized carbons (Fsp3) is 0.129. The lowest BCUT2D eigenvalue weighted by molar-refractivity contribution is -0.384. The Labute approximate surface area is 232 Å². The molecule has 1 fully saturated rings. The van der Waals surface area contributed by atoms with E-state index in [2.05, 4.69) is 0 Å². The van der Waals surface area contributed by atoms with Gasteiger partial charge in [0.2, 0.25) is 11.8 Å². The van der Waals surface area contributed by atoms with Crippen LogP contribution in [0, 0.1) is 32.1 Å². The van der Waals surface area contributed by atoms with Gasteiger partial charge in [0.15, 0.2) is 0 Å². The summed E-state index contributed by atoms with van der Waals surface area (Å²) in [5, 5.41) is 23.0. The zero-order valence-corrected chi connectivity index (χ0v) is 21.3. The second-order valence-electron chi connectivity index (χ2n) is 10.3. The molecule has 2 amide bonds. The zero-order valence-electron chi connectivity index (χ0n) is 21.3. The van der Waals surface area contributed by atoms with Crippen LogP contribution in [0.5, 0.6) is 0 Å². The molecule has 10 nitrogen and oxygen atoms in total. The van der Waals surface area contributed by atoms with Crippen molar-refractivity contribution in [2.24, 2.45) is 16.8 Å². The minimum atomic E-state index is -1.17. The predicted molar refractivity (Wildman–Crippen MR) is 149 cm³/mol. The Kier molecular flexibility index (Phi) is 5.23. The summed E-state index contributed by atoms with van der Waals surface area (Å²) in [6.07, 6.45) is 1.67. The number of nitro groups is 2. The summed E-state index contributed by atoms with van der Waals surface area (Å²) in [7, 11) is 0. The lowest BCUT2D eigenvalue weighted by atomic mass is 9.47. The quantitative estimate of drug-likeness (QED) is 0.142. The van der Waals surface area contributed by atoms with Crippen LogP contribution >= 0.6 is 0 Å². The molecule has 8 rings (SSSR count). The largest absolute Gasteiger partial charge is 0.293 e. The highest BCUT2D eigenvalue weighted by atomic mass is 16.6. The van der Waals surface area contributed by atoms with E-state index in [9.17, 15) is 29.8 Å². The van der Waals surface area contributed by atoms with Gasteiger partial charge >= 0.3 is 0 Å². The second kappa shape index (κ2) is 8.75. The number of nitrogens with zero attached hydrogens (tertiary/aromatic N) is 4. The first-order valence-corrected chi connectivity index (χ1v) is 12.9. The van der Waals surface area contributed by atoms with Gasteiger partial charge in [-0.25, -0.2) is 4.90 Å². The molecule has 4 aromatic rings. The molecule has 0 radical (unpaired) electrons. The highest BCUT2D eigenvalue weighted by Crippen LogP contribution is 2.64. The number of aliphatic imine (C=N–C) groups is 1. The molecule has 4 aliphatic rings. The van der Waals surface area contributed by atoms with Crippen molar-refractivity contribution in [1.29, 1.82) is 0 Å². The van der Waals surface area contributed by atoms with Crippen LogP contribution in [0.25, 0.3) is 0 Å². The standard InChI is InChI=1S/C31H20N4O6/c36-29-27-26-20-7-1-3-9-22(20)31(23-10-4-2-8-21(23)26,17-32-18-13-15-19(16-14-18)34(38)39)28(27)30(37)33(29)24-11-5-6-12-25(24)35(40)41/h1-17,26-28H/t26?,27-,28-,31?/m0/s1. The summed E-state index contributed by atoms with van der Waals surface area (Å²) in [5.41, 5.74) is 2.27. The molecule has 1 saturated heterocycles. The minimum Gasteiger partial charge on any atom is -0.274 e. The Balaban J connectivity index is 1.47. The van der Waals surface area contributed by atoms with E-state index in [0.29, 0.717) is 5.69 Å². The van der Waals surface area contributed by atoms with Gasteiger partial charge in [-0.15, -0.1) is 0 Å². The molecule has 0 spiro atoms. The molecule has 41 heavy (non-hydrogen) atoms. The summed E-state index contributed by atoms with van der Waals surface area (Å²) in [6.45, 7) is 0. The van der Waals surface area contributed by atoms with E-state index in [1.165, 1.54) is 42.5 Å². The lowest BCUT2D eigenvalue weighted by Gasteiger charge is -2.52. The number of non-ortho nitro benzene ring substituents is 1. The van der Waals surface area contributed by atoms with Crippen LogP contribution in [-0.4, -0.2) is 27.9 Å². The number of amides is 2. The van der Waals surface area contributed by atoms with E-state index in [4.69, 9.17) is 4.99 Å². The first-order chi connectivity index (χ1) is 19.8. The molecule has 1 heterocycles. The Bertz CT molecular complexity index is 1790. The maximum Gasteiger partial charge on any atom is 0.293 e. The number of anilines is 1. The molecule has 10 heteroatoms. The monoisotopic (exact) mass is 544 g/mol. The zero-order chi connectivity index (χ0) is 28.5. The van der Waals surface area contributed by atoms with Crippen molar-refractivity contribution in [2.75, 3.05) is 4.90 Å². The number of benzene rings is 4. The van der Waals surface area contributed by atoms with E-state index < -0.39 is 44.8 Å². The van der Waals surface area contributed by atoms with Crippen molar-refractivity contribution in [3.8, 4) is 0 Å². The third-order valence-corrected chi connectivity index (χ3v) is 8.48. The van der Waals surface area contributed by atoms with Crippen LogP contribution in [0.1, 0.15) is 28.2 Å². The minimum absolute atomic E-state index is 0.0585. The molecule has 0 aromatic heterocycles. The molecule has 0 unspecified atom stereocenters. The van der Waals surface area contributed by atoms with Gasteiger partial charge in [-0.1, -0.05) is 60.7 Å². The van der Waals surface area contributed by atoms with Gasteiger partial charge in [0.25, 0.3) is 11.4 Å². The number of hydrogen-bond acceptors (Lipinski definition) is 7. The molecular weight excluding hydrogens is 524 g/mol. The fourth-order valence-corrected chi connectivity index (χ4v) is 6.93. The molecule has 2 bridgehead atoms. The van der Waals surface area contributed by atoms with Crippen molar-refractivity contribution >= 4 is 40.8 Å². The summed E-state index contributed by atoms with van der Waals surface area (Å²) >= 11 is 0. The van der Waals surface area contributed by atoms with E-state index >= 15 is 0 Å². The molecule has 200 valence electrons. The maximum atomic E-state index is 14.4. The molecule has 0 N–H and O–H groups in total. The SMILES string of the molecule is O=C1[C@@H]2[C@@H](C(=O)N1c1ccccc1[N+](=O)[O-])C1c3ccccc3C2(C=Nc2ccc([N+](=O)[O-])cc2)c2ccccc21. The normalized spacial score (nSPS) is 23.8. The number of para-hydroxylation sites is 2. The molecule has 3 aliphatic carbocycles. The van der Waals surface area contributed by atoms with Gasteiger partial charge in [0, 0.05) is 30.3 Å². The molecule has 2 atom stereocenters. The van der Waals surface area contributed by atoms with Crippen LogP contribution < -0.4 is 4.90 Å². The van der Waals surface area contributed by atoms with Crippen molar-refractivity contribution in [3.05, 3.63) is 140 Å². The predicted octanol–water partition coefficient (Wildman–Crippen LogP) is 5.46.